The lowest BCUT2D eigenvalue weighted by atomic mass is 10.0. The van der Waals surface area contributed by atoms with Crippen LogP contribution in [0.4, 0.5) is 10.5 Å². The van der Waals surface area contributed by atoms with E-state index in [2.05, 4.69) is 4.90 Å². The number of rotatable bonds is 3. The normalized spacial score (nSPS) is 16.4. The lowest BCUT2D eigenvalue weighted by Gasteiger charge is -2.42. The summed E-state index contributed by atoms with van der Waals surface area (Å²) >= 11 is 18.7. The van der Waals surface area contributed by atoms with Gasteiger partial charge in [-0.2, -0.15) is 0 Å². The van der Waals surface area contributed by atoms with Crippen molar-refractivity contribution in [1.82, 2.24) is 4.90 Å². The summed E-state index contributed by atoms with van der Waals surface area (Å²) in [5.74, 6) is 0.522. The van der Waals surface area contributed by atoms with Gasteiger partial charge in [-0.3, -0.25) is 0 Å². The van der Waals surface area contributed by atoms with Crippen molar-refractivity contribution >= 4 is 46.6 Å². The van der Waals surface area contributed by atoms with Crippen LogP contribution in [0.3, 0.4) is 0 Å². The summed E-state index contributed by atoms with van der Waals surface area (Å²) in [7, 11) is 0. The largest absolute Gasteiger partial charge is 0.415 e. The summed E-state index contributed by atoms with van der Waals surface area (Å²) in [5, 5.41) is 1.81. The van der Waals surface area contributed by atoms with Gasteiger partial charge in [0.15, 0.2) is 0 Å². The number of piperazine rings is 1. The van der Waals surface area contributed by atoms with Crippen LogP contribution in [-0.2, 0) is 0 Å². The van der Waals surface area contributed by atoms with Gasteiger partial charge in [0.1, 0.15) is 5.75 Å². The molecule has 1 saturated heterocycles. The van der Waals surface area contributed by atoms with Crippen LogP contribution in [0, 0.1) is 0 Å². The van der Waals surface area contributed by atoms with Gasteiger partial charge in [0.05, 0.1) is 16.8 Å². The highest BCUT2D eigenvalue weighted by atomic mass is 35.5. The Morgan fingerprint density at radius 2 is 1.57 bits per heavy atom. The van der Waals surface area contributed by atoms with Gasteiger partial charge in [0, 0.05) is 29.7 Å². The molecule has 0 spiro atoms. The first-order valence-electron chi connectivity index (χ1n) is 9.50. The summed E-state index contributed by atoms with van der Waals surface area (Å²) in [6, 6.07) is 22.0. The van der Waals surface area contributed by atoms with Gasteiger partial charge in [0.25, 0.3) is 0 Å². The first-order valence-corrected chi connectivity index (χ1v) is 10.6. The Kier molecular flexibility index (Phi) is 6.38. The summed E-state index contributed by atoms with van der Waals surface area (Å²) in [5.41, 5.74) is 1.90. The molecule has 1 amide bonds. The van der Waals surface area contributed by atoms with E-state index in [1.807, 2.05) is 54.6 Å². The van der Waals surface area contributed by atoms with E-state index in [1.54, 1.807) is 23.1 Å². The maximum Gasteiger partial charge on any atom is 0.415 e. The van der Waals surface area contributed by atoms with E-state index in [1.165, 1.54) is 0 Å². The third-order valence-electron chi connectivity index (χ3n) is 5.06. The highest BCUT2D eigenvalue weighted by Gasteiger charge is 2.32. The molecule has 0 unspecified atom stereocenters. The third-order valence-corrected chi connectivity index (χ3v) is 5.85. The molecule has 1 aliphatic rings. The van der Waals surface area contributed by atoms with Crippen molar-refractivity contribution in [1.29, 1.82) is 0 Å². The van der Waals surface area contributed by atoms with Gasteiger partial charge in [-0.15, -0.1) is 0 Å². The van der Waals surface area contributed by atoms with E-state index < -0.39 is 0 Å². The van der Waals surface area contributed by atoms with E-state index in [0.29, 0.717) is 40.5 Å². The number of hydrogen-bond acceptors (Lipinski definition) is 3. The lowest BCUT2D eigenvalue weighted by molar-refractivity contribution is 0.141. The van der Waals surface area contributed by atoms with E-state index in [9.17, 15) is 4.79 Å². The molecule has 0 aromatic heterocycles. The van der Waals surface area contributed by atoms with Crippen LogP contribution in [0.5, 0.6) is 5.75 Å². The van der Waals surface area contributed by atoms with Crippen LogP contribution in [0.25, 0.3) is 0 Å². The highest BCUT2D eigenvalue weighted by molar-refractivity contribution is 6.36. The number of carbonyl (C=O) groups is 1. The molecule has 0 bridgehead atoms. The Hall–Kier alpha value is -2.40. The summed E-state index contributed by atoms with van der Waals surface area (Å²) in [6.07, 6.45) is -0.373. The second kappa shape index (κ2) is 9.17. The number of carbonyl (C=O) groups excluding carboxylic acids is 1. The first-order chi connectivity index (χ1) is 14.5. The molecule has 0 saturated carbocycles. The fourth-order valence-corrected chi connectivity index (χ4v) is 4.22. The lowest BCUT2D eigenvalue weighted by Crippen LogP contribution is -2.51. The first kappa shape index (κ1) is 20.9. The Morgan fingerprint density at radius 1 is 0.867 bits per heavy atom. The van der Waals surface area contributed by atoms with Gasteiger partial charge in [-0.05, 0) is 48.0 Å². The van der Waals surface area contributed by atoms with E-state index in [-0.39, 0.29) is 12.1 Å². The molecule has 0 radical (unpaired) electrons. The van der Waals surface area contributed by atoms with E-state index in [0.717, 1.165) is 11.3 Å². The Morgan fingerprint density at radius 3 is 2.27 bits per heavy atom. The number of amides is 1. The second-order valence-corrected chi connectivity index (χ2v) is 8.26. The summed E-state index contributed by atoms with van der Waals surface area (Å²) in [6.45, 7) is 1.56. The minimum Gasteiger partial charge on any atom is -0.410 e. The quantitative estimate of drug-likeness (QED) is 0.434. The maximum atomic E-state index is 12.8. The molecule has 0 N–H and O–H groups in total. The number of para-hydroxylation sites is 1. The molecule has 30 heavy (non-hydrogen) atoms. The van der Waals surface area contributed by atoms with E-state index in [4.69, 9.17) is 39.5 Å². The minimum atomic E-state index is -0.373. The van der Waals surface area contributed by atoms with Gasteiger partial charge in [-0.25, -0.2) is 4.79 Å². The molecule has 0 aliphatic carbocycles. The Balaban J connectivity index is 1.61. The van der Waals surface area contributed by atoms with E-state index >= 15 is 0 Å². The molecule has 1 fully saturated rings. The molecule has 154 valence electrons. The molecular weight excluding hydrogens is 443 g/mol. The summed E-state index contributed by atoms with van der Waals surface area (Å²) in [4.78, 5) is 16.7. The van der Waals surface area contributed by atoms with Crippen molar-refractivity contribution < 1.29 is 9.53 Å². The number of nitrogens with zero attached hydrogens (tertiary/aromatic N) is 2. The van der Waals surface area contributed by atoms with Crippen molar-refractivity contribution in [2.75, 3.05) is 24.5 Å². The topological polar surface area (TPSA) is 32.8 Å². The van der Waals surface area contributed by atoms with Crippen molar-refractivity contribution in [3.8, 4) is 5.75 Å². The van der Waals surface area contributed by atoms with Gasteiger partial charge in [0.2, 0.25) is 0 Å². The number of ether oxygens (including phenoxy) is 1. The van der Waals surface area contributed by atoms with Gasteiger partial charge in [-0.1, -0.05) is 65.1 Å². The van der Waals surface area contributed by atoms with Gasteiger partial charge < -0.3 is 14.5 Å². The molecule has 4 rings (SSSR count). The van der Waals surface area contributed by atoms with Crippen LogP contribution in [0.2, 0.25) is 15.1 Å². The predicted molar refractivity (Wildman–Crippen MR) is 122 cm³/mol. The zero-order valence-corrected chi connectivity index (χ0v) is 18.2. The average Bonchev–Trinajstić information content (AvgIpc) is 2.75. The predicted octanol–water partition coefficient (Wildman–Crippen LogP) is 6.71. The average molecular weight is 462 g/mol. The maximum absolute atomic E-state index is 12.8. The molecule has 7 heteroatoms. The van der Waals surface area contributed by atoms with Crippen molar-refractivity contribution in [2.24, 2.45) is 0 Å². The van der Waals surface area contributed by atoms with Gasteiger partial charge >= 0.3 is 6.09 Å². The van der Waals surface area contributed by atoms with Crippen LogP contribution in [-0.4, -0.2) is 30.6 Å². The summed E-state index contributed by atoms with van der Waals surface area (Å²) < 4.78 is 5.54. The van der Waals surface area contributed by atoms with Crippen LogP contribution < -0.4 is 9.64 Å². The molecule has 1 atom stereocenters. The van der Waals surface area contributed by atoms with Crippen LogP contribution in [0.15, 0.2) is 72.8 Å². The van der Waals surface area contributed by atoms with Crippen LogP contribution >= 0.6 is 34.8 Å². The number of hydrogen-bond donors (Lipinski definition) is 0. The molecular formula is C23H19Cl3N2O2. The molecule has 1 aliphatic heterocycles. The monoisotopic (exact) mass is 460 g/mol. The smallest absolute Gasteiger partial charge is 0.410 e. The number of benzene rings is 3. The van der Waals surface area contributed by atoms with Crippen molar-refractivity contribution in [3.05, 3.63) is 93.4 Å². The second-order valence-electron chi connectivity index (χ2n) is 6.98. The van der Waals surface area contributed by atoms with Crippen LogP contribution in [0.1, 0.15) is 11.6 Å². The highest BCUT2D eigenvalue weighted by Crippen LogP contribution is 2.37. The zero-order valence-electron chi connectivity index (χ0n) is 16.0. The third kappa shape index (κ3) is 4.67. The molecule has 1 heterocycles. The zero-order chi connectivity index (χ0) is 21.1. The van der Waals surface area contributed by atoms with Crippen molar-refractivity contribution in [3.63, 3.8) is 0 Å². The molecule has 3 aromatic rings. The molecule has 3 aromatic carbocycles. The standard InChI is InChI=1S/C23H19Cl3N2O2/c24-17-8-6-16(7-9-17)22-15-27(23(29)30-19-4-2-1-3-5-19)12-13-28(22)21-11-10-18(25)14-20(21)26/h1-11,14,22H,12-13,15H2/t22-/m0/s1. The Bertz CT molecular complexity index is 1030. The number of halogens is 3. The molecule has 4 nitrogen and oxygen atoms in total. The fourth-order valence-electron chi connectivity index (χ4n) is 3.58. The van der Waals surface area contributed by atoms with Crippen molar-refractivity contribution in [2.45, 2.75) is 6.04 Å². The number of anilines is 1. The Labute approximate surface area is 190 Å². The minimum absolute atomic E-state index is 0.113. The fraction of sp³-hybridized carbons (Fsp3) is 0.174. The SMILES string of the molecule is O=C(Oc1ccccc1)N1CCN(c2ccc(Cl)cc2Cl)[C@H](c2ccc(Cl)cc2)C1.